The molecule has 1 fully saturated rings. The van der Waals surface area contributed by atoms with Crippen molar-refractivity contribution in [1.29, 1.82) is 0 Å². The lowest BCUT2D eigenvalue weighted by molar-refractivity contribution is 0.101. The van der Waals surface area contributed by atoms with Crippen LogP contribution in [0.5, 0.6) is 0 Å². The molecule has 0 radical (unpaired) electrons. The van der Waals surface area contributed by atoms with Gasteiger partial charge in [0, 0.05) is 6.54 Å². The number of hydrogen-bond acceptors (Lipinski definition) is 1. The first-order valence-corrected chi connectivity index (χ1v) is 6.92. The molecule has 1 aliphatic rings. The van der Waals surface area contributed by atoms with Gasteiger partial charge in [-0.05, 0) is 55.1 Å². The number of hydrogen-bond donors (Lipinski definition) is 1. The fraction of sp³-hybridized carbons (Fsp3) is 0.500. The standard InChI is InChI=1S/C14H17FN2S/c1-2-14(6-3-7-14)9-17-12-5-4-10(15)8-11(12)16-13(17)18/h4-5,8H,2-3,6-7,9H2,1H3,(H,16,18). The van der Waals surface area contributed by atoms with E-state index in [4.69, 9.17) is 12.2 Å². The molecule has 4 heteroatoms. The maximum Gasteiger partial charge on any atom is 0.178 e. The summed E-state index contributed by atoms with van der Waals surface area (Å²) in [7, 11) is 0. The van der Waals surface area contributed by atoms with Gasteiger partial charge in [0.15, 0.2) is 4.77 Å². The number of aromatic nitrogens is 2. The van der Waals surface area contributed by atoms with Crippen molar-refractivity contribution in [3.63, 3.8) is 0 Å². The van der Waals surface area contributed by atoms with Crippen LogP contribution in [0.4, 0.5) is 4.39 Å². The van der Waals surface area contributed by atoms with E-state index in [2.05, 4.69) is 16.5 Å². The van der Waals surface area contributed by atoms with Crippen molar-refractivity contribution >= 4 is 23.3 Å². The molecule has 1 aliphatic carbocycles. The molecule has 0 bridgehead atoms. The zero-order chi connectivity index (χ0) is 12.8. The van der Waals surface area contributed by atoms with Gasteiger partial charge >= 0.3 is 0 Å². The van der Waals surface area contributed by atoms with Gasteiger partial charge in [0.05, 0.1) is 11.0 Å². The van der Waals surface area contributed by atoms with Crippen molar-refractivity contribution in [3.8, 4) is 0 Å². The Morgan fingerprint density at radius 1 is 1.44 bits per heavy atom. The van der Waals surface area contributed by atoms with Crippen LogP contribution in [0.1, 0.15) is 32.6 Å². The number of nitrogens with one attached hydrogen (secondary N) is 1. The second kappa shape index (κ2) is 4.19. The fourth-order valence-electron chi connectivity index (χ4n) is 2.93. The van der Waals surface area contributed by atoms with Crippen molar-refractivity contribution in [2.45, 2.75) is 39.2 Å². The largest absolute Gasteiger partial charge is 0.330 e. The molecule has 3 rings (SSSR count). The molecule has 96 valence electrons. The van der Waals surface area contributed by atoms with Gasteiger partial charge in [0.1, 0.15) is 5.82 Å². The fourth-order valence-corrected chi connectivity index (χ4v) is 3.20. The minimum Gasteiger partial charge on any atom is -0.330 e. The van der Waals surface area contributed by atoms with Crippen LogP contribution in [-0.4, -0.2) is 9.55 Å². The number of benzene rings is 1. The van der Waals surface area contributed by atoms with Gasteiger partial charge in [-0.15, -0.1) is 0 Å². The van der Waals surface area contributed by atoms with E-state index in [1.165, 1.54) is 37.8 Å². The normalized spacial score (nSPS) is 17.9. The molecule has 0 aliphatic heterocycles. The molecular formula is C14H17FN2S. The third kappa shape index (κ3) is 1.79. The molecule has 0 atom stereocenters. The first-order chi connectivity index (χ1) is 8.63. The van der Waals surface area contributed by atoms with Gasteiger partial charge in [0.25, 0.3) is 0 Å². The van der Waals surface area contributed by atoms with Crippen LogP contribution in [0.2, 0.25) is 0 Å². The molecule has 1 aromatic carbocycles. The zero-order valence-electron chi connectivity index (χ0n) is 10.5. The van der Waals surface area contributed by atoms with Crippen LogP contribution in [-0.2, 0) is 6.54 Å². The molecule has 0 unspecified atom stereocenters. The minimum absolute atomic E-state index is 0.222. The highest BCUT2D eigenvalue weighted by atomic mass is 32.1. The molecule has 0 spiro atoms. The van der Waals surface area contributed by atoms with Crippen molar-refractivity contribution in [2.75, 3.05) is 0 Å². The highest BCUT2D eigenvalue weighted by Gasteiger charge is 2.35. The summed E-state index contributed by atoms with van der Waals surface area (Å²) < 4.78 is 16.0. The third-order valence-electron chi connectivity index (χ3n) is 4.39. The number of fused-ring (bicyclic) bond motifs is 1. The monoisotopic (exact) mass is 264 g/mol. The molecule has 0 saturated heterocycles. The number of H-pyrrole nitrogens is 1. The molecule has 2 nitrogen and oxygen atoms in total. The predicted molar refractivity (Wildman–Crippen MR) is 73.7 cm³/mol. The van der Waals surface area contributed by atoms with Crippen LogP contribution in [0.15, 0.2) is 18.2 Å². The smallest absolute Gasteiger partial charge is 0.178 e. The highest BCUT2D eigenvalue weighted by Crippen LogP contribution is 2.45. The van der Waals surface area contributed by atoms with E-state index < -0.39 is 0 Å². The molecule has 0 amide bonds. The maximum atomic E-state index is 13.2. The lowest BCUT2D eigenvalue weighted by Crippen LogP contribution is -2.33. The summed E-state index contributed by atoms with van der Waals surface area (Å²) in [4.78, 5) is 3.10. The van der Waals surface area contributed by atoms with Crippen molar-refractivity contribution in [2.24, 2.45) is 5.41 Å². The molecule has 2 aromatic rings. The Balaban J connectivity index is 2.06. The number of halogens is 1. The molecule has 1 heterocycles. The summed E-state index contributed by atoms with van der Waals surface area (Å²) in [5.41, 5.74) is 2.22. The van der Waals surface area contributed by atoms with Crippen molar-refractivity contribution in [3.05, 3.63) is 28.8 Å². The van der Waals surface area contributed by atoms with E-state index in [-0.39, 0.29) is 5.82 Å². The number of rotatable bonds is 3. The SMILES string of the molecule is CCC1(Cn2c(=S)[nH]c3cc(F)ccc32)CCC1. The first kappa shape index (κ1) is 11.9. The maximum absolute atomic E-state index is 13.2. The van der Waals surface area contributed by atoms with Gasteiger partial charge in [-0.2, -0.15) is 0 Å². The van der Waals surface area contributed by atoms with E-state index >= 15 is 0 Å². The number of imidazole rings is 1. The van der Waals surface area contributed by atoms with E-state index in [1.807, 2.05) is 6.07 Å². The average molecular weight is 264 g/mol. The zero-order valence-corrected chi connectivity index (χ0v) is 11.3. The summed E-state index contributed by atoms with van der Waals surface area (Å²) in [5.74, 6) is -0.222. The molecular weight excluding hydrogens is 247 g/mol. The Morgan fingerprint density at radius 3 is 2.83 bits per heavy atom. The molecule has 18 heavy (non-hydrogen) atoms. The van der Waals surface area contributed by atoms with E-state index in [9.17, 15) is 4.39 Å². The van der Waals surface area contributed by atoms with Crippen LogP contribution in [0, 0.1) is 16.0 Å². The van der Waals surface area contributed by atoms with Crippen molar-refractivity contribution < 1.29 is 4.39 Å². The quantitative estimate of drug-likeness (QED) is 0.814. The molecule has 1 aromatic heterocycles. The van der Waals surface area contributed by atoms with Crippen LogP contribution < -0.4 is 0 Å². The average Bonchev–Trinajstić information content (AvgIpc) is 2.59. The number of aromatic amines is 1. The summed E-state index contributed by atoms with van der Waals surface area (Å²) in [6, 6.07) is 4.83. The summed E-state index contributed by atoms with van der Waals surface area (Å²) in [5, 5.41) is 0. The highest BCUT2D eigenvalue weighted by molar-refractivity contribution is 7.71. The van der Waals surface area contributed by atoms with Crippen LogP contribution >= 0.6 is 12.2 Å². The Labute approximate surface area is 111 Å². The number of nitrogens with zero attached hydrogens (tertiary/aromatic N) is 1. The van der Waals surface area contributed by atoms with Gasteiger partial charge in [-0.1, -0.05) is 13.3 Å². The van der Waals surface area contributed by atoms with Gasteiger partial charge in [-0.3, -0.25) is 0 Å². The van der Waals surface area contributed by atoms with Gasteiger partial charge in [-0.25, -0.2) is 4.39 Å². The van der Waals surface area contributed by atoms with E-state index in [0.29, 0.717) is 10.2 Å². The Hall–Kier alpha value is -1.16. The Kier molecular flexibility index (Phi) is 2.77. The minimum atomic E-state index is -0.222. The second-order valence-corrected chi connectivity index (χ2v) is 5.77. The summed E-state index contributed by atoms with van der Waals surface area (Å²) in [6.45, 7) is 3.20. The molecule has 1 saturated carbocycles. The van der Waals surface area contributed by atoms with Crippen LogP contribution in [0.3, 0.4) is 0 Å². The third-order valence-corrected chi connectivity index (χ3v) is 4.72. The lowest BCUT2D eigenvalue weighted by Gasteiger charge is -2.41. The summed E-state index contributed by atoms with van der Waals surface area (Å²) in [6.07, 6.45) is 5.05. The van der Waals surface area contributed by atoms with Crippen LogP contribution in [0.25, 0.3) is 11.0 Å². The molecule has 1 N–H and O–H groups in total. The second-order valence-electron chi connectivity index (χ2n) is 5.38. The van der Waals surface area contributed by atoms with E-state index in [0.717, 1.165) is 17.6 Å². The predicted octanol–water partition coefficient (Wildman–Crippen LogP) is 4.42. The first-order valence-electron chi connectivity index (χ1n) is 6.52. The topological polar surface area (TPSA) is 20.7 Å². The van der Waals surface area contributed by atoms with E-state index in [1.54, 1.807) is 0 Å². The lowest BCUT2D eigenvalue weighted by atomic mass is 9.67. The Bertz CT molecular complexity index is 631. The van der Waals surface area contributed by atoms with Gasteiger partial charge in [0.2, 0.25) is 0 Å². The van der Waals surface area contributed by atoms with Crippen molar-refractivity contribution in [1.82, 2.24) is 9.55 Å². The summed E-state index contributed by atoms with van der Waals surface area (Å²) >= 11 is 5.37. The van der Waals surface area contributed by atoms with Gasteiger partial charge < -0.3 is 9.55 Å². The Morgan fingerprint density at radius 2 is 2.22 bits per heavy atom.